The summed E-state index contributed by atoms with van der Waals surface area (Å²) in [5.74, 6) is 0.552. The summed E-state index contributed by atoms with van der Waals surface area (Å²) in [5, 5.41) is 12.1. The maximum absolute atomic E-state index is 12.2. The number of carbonyl (C=O) groups is 1. The van der Waals surface area contributed by atoms with Crippen LogP contribution in [-0.4, -0.2) is 21.9 Å². The van der Waals surface area contributed by atoms with E-state index in [1.807, 2.05) is 44.2 Å². The number of carbonyl (C=O) groups excluding carboxylic acids is 1. The van der Waals surface area contributed by atoms with Gasteiger partial charge in [-0.15, -0.1) is 10.2 Å². The van der Waals surface area contributed by atoms with E-state index in [1.165, 1.54) is 17.3 Å². The summed E-state index contributed by atoms with van der Waals surface area (Å²) >= 11 is 7.11. The number of benzene rings is 2. The highest BCUT2D eigenvalue weighted by Crippen LogP contribution is 2.25. The lowest BCUT2D eigenvalue weighted by molar-refractivity contribution is -0.119. The van der Waals surface area contributed by atoms with Crippen LogP contribution in [0.15, 0.2) is 52.1 Å². The fourth-order valence-electron chi connectivity index (χ4n) is 2.50. The molecule has 0 spiro atoms. The van der Waals surface area contributed by atoms with Crippen molar-refractivity contribution in [1.29, 1.82) is 0 Å². The largest absolute Gasteiger partial charge is 0.411 e. The summed E-state index contributed by atoms with van der Waals surface area (Å²) in [5.41, 5.74) is 4.24. The van der Waals surface area contributed by atoms with Crippen molar-refractivity contribution < 1.29 is 9.21 Å². The molecule has 0 fully saturated rings. The molecule has 140 valence electrons. The van der Waals surface area contributed by atoms with Crippen LogP contribution in [0.1, 0.15) is 29.7 Å². The Morgan fingerprint density at radius 1 is 1.15 bits per heavy atom. The van der Waals surface area contributed by atoms with Gasteiger partial charge in [0.25, 0.3) is 5.22 Å². The van der Waals surface area contributed by atoms with Crippen LogP contribution in [0.3, 0.4) is 0 Å². The van der Waals surface area contributed by atoms with Gasteiger partial charge >= 0.3 is 0 Å². The third-order valence-corrected chi connectivity index (χ3v) is 5.30. The number of hydrogen-bond acceptors (Lipinski definition) is 5. The van der Waals surface area contributed by atoms with Gasteiger partial charge in [-0.3, -0.25) is 4.79 Å². The number of rotatable bonds is 6. The Kier molecular flexibility index (Phi) is 6.19. The smallest absolute Gasteiger partial charge is 0.277 e. The number of aryl methyl sites for hydroxylation is 2. The van der Waals surface area contributed by atoms with Gasteiger partial charge < -0.3 is 9.73 Å². The van der Waals surface area contributed by atoms with Gasteiger partial charge in [0.15, 0.2) is 0 Å². The van der Waals surface area contributed by atoms with Crippen molar-refractivity contribution in [3.63, 3.8) is 0 Å². The maximum Gasteiger partial charge on any atom is 0.277 e. The zero-order chi connectivity index (χ0) is 19.4. The first kappa shape index (κ1) is 19.5. The van der Waals surface area contributed by atoms with Crippen LogP contribution in [-0.2, 0) is 4.79 Å². The Morgan fingerprint density at radius 2 is 1.89 bits per heavy atom. The molecular formula is C20H20ClN3O2S. The van der Waals surface area contributed by atoms with Gasteiger partial charge in [-0.25, -0.2) is 0 Å². The summed E-state index contributed by atoms with van der Waals surface area (Å²) in [4.78, 5) is 12.2. The number of amides is 1. The molecule has 3 rings (SSSR count). The number of hydrogen-bond donors (Lipinski definition) is 1. The van der Waals surface area contributed by atoms with Crippen molar-refractivity contribution in [3.8, 4) is 11.5 Å². The van der Waals surface area contributed by atoms with Gasteiger partial charge in [-0.05, 0) is 61.7 Å². The first-order chi connectivity index (χ1) is 12.9. The molecule has 1 amide bonds. The average molecular weight is 402 g/mol. The Bertz CT molecular complexity index is 941. The van der Waals surface area contributed by atoms with Crippen molar-refractivity contribution in [1.82, 2.24) is 15.5 Å². The van der Waals surface area contributed by atoms with Crippen LogP contribution in [0.4, 0.5) is 0 Å². The number of thioether (sulfide) groups is 1. The normalized spacial score (nSPS) is 12.0. The van der Waals surface area contributed by atoms with E-state index in [0.29, 0.717) is 16.1 Å². The number of aromatic nitrogens is 2. The molecule has 0 saturated heterocycles. The second-order valence-corrected chi connectivity index (χ2v) is 7.66. The predicted molar refractivity (Wildman–Crippen MR) is 108 cm³/mol. The van der Waals surface area contributed by atoms with Crippen molar-refractivity contribution in [2.45, 2.75) is 32.0 Å². The predicted octanol–water partition coefficient (Wildman–Crippen LogP) is 4.98. The Balaban J connectivity index is 1.55. The van der Waals surface area contributed by atoms with Gasteiger partial charge in [0.2, 0.25) is 11.8 Å². The van der Waals surface area contributed by atoms with E-state index >= 15 is 0 Å². The highest BCUT2D eigenvalue weighted by Gasteiger charge is 2.14. The van der Waals surface area contributed by atoms with E-state index in [9.17, 15) is 4.79 Å². The van der Waals surface area contributed by atoms with E-state index in [2.05, 4.69) is 22.4 Å². The number of halogens is 1. The van der Waals surface area contributed by atoms with Crippen LogP contribution >= 0.6 is 23.4 Å². The van der Waals surface area contributed by atoms with E-state index in [1.54, 1.807) is 12.1 Å². The van der Waals surface area contributed by atoms with Gasteiger partial charge in [-0.2, -0.15) is 0 Å². The summed E-state index contributed by atoms with van der Waals surface area (Å²) in [7, 11) is 0. The molecule has 5 nitrogen and oxygen atoms in total. The second kappa shape index (κ2) is 8.59. The summed E-state index contributed by atoms with van der Waals surface area (Å²) in [6.07, 6.45) is 0. The molecule has 1 N–H and O–H groups in total. The van der Waals surface area contributed by atoms with Crippen molar-refractivity contribution in [2.75, 3.05) is 5.75 Å². The lowest BCUT2D eigenvalue weighted by atomic mass is 10.1. The molecule has 0 radical (unpaired) electrons. The van der Waals surface area contributed by atoms with E-state index < -0.39 is 0 Å². The average Bonchev–Trinajstić information content (AvgIpc) is 3.12. The fourth-order valence-corrected chi connectivity index (χ4v) is 3.20. The third kappa shape index (κ3) is 5.11. The SMILES string of the molecule is Cc1ccc(-c2nnc(SCC(=O)N[C@@H](C)c3ccc(Cl)cc3)o2)cc1C. The molecule has 2 aromatic carbocycles. The molecule has 1 aromatic heterocycles. The zero-order valence-corrected chi connectivity index (χ0v) is 16.9. The molecule has 7 heteroatoms. The van der Waals surface area contributed by atoms with E-state index in [4.69, 9.17) is 16.0 Å². The van der Waals surface area contributed by atoms with Gasteiger partial charge in [0.05, 0.1) is 11.8 Å². The first-order valence-electron chi connectivity index (χ1n) is 8.51. The highest BCUT2D eigenvalue weighted by molar-refractivity contribution is 7.99. The molecule has 27 heavy (non-hydrogen) atoms. The number of nitrogens with zero attached hydrogens (tertiary/aromatic N) is 2. The summed E-state index contributed by atoms with van der Waals surface area (Å²) < 4.78 is 5.66. The van der Waals surface area contributed by atoms with Gasteiger partial charge in [-0.1, -0.05) is 41.6 Å². The van der Waals surface area contributed by atoms with Gasteiger partial charge in [0, 0.05) is 10.6 Å². The lowest BCUT2D eigenvalue weighted by Gasteiger charge is -2.13. The summed E-state index contributed by atoms with van der Waals surface area (Å²) in [6.45, 7) is 6.02. The standard InChI is InChI=1S/C20H20ClN3O2S/c1-12-4-5-16(10-13(12)2)19-23-24-20(26-19)27-11-18(25)22-14(3)15-6-8-17(21)9-7-15/h4-10,14H,11H2,1-3H3,(H,22,25)/t14-/m0/s1. The molecule has 0 aliphatic heterocycles. The third-order valence-electron chi connectivity index (χ3n) is 4.23. The monoisotopic (exact) mass is 401 g/mol. The van der Waals surface area contributed by atoms with Gasteiger partial charge in [0.1, 0.15) is 0 Å². The van der Waals surface area contributed by atoms with Crippen LogP contribution in [0.25, 0.3) is 11.5 Å². The van der Waals surface area contributed by atoms with E-state index in [0.717, 1.165) is 16.7 Å². The Morgan fingerprint density at radius 3 is 2.59 bits per heavy atom. The summed E-state index contributed by atoms with van der Waals surface area (Å²) in [6, 6.07) is 13.3. The molecule has 3 aromatic rings. The second-order valence-electron chi connectivity index (χ2n) is 6.30. The molecule has 0 aliphatic carbocycles. The fraction of sp³-hybridized carbons (Fsp3) is 0.250. The molecule has 0 aliphatic rings. The molecule has 0 bridgehead atoms. The molecule has 1 heterocycles. The molecule has 0 saturated carbocycles. The zero-order valence-electron chi connectivity index (χ0n) is 15.3. The van der Waals surface area contributed by atoms with Crippen LogP contribution in [0.5, 0.6) is 0 Å². The maximum atomic E-state index is 12.2. The van der Waals surface area contributed by atoms with Crippen LogP contribution in [0, 0.1) is 13.8 Å². The molecule has 0 unspecified atom stereocenters. The minimum Gasteiger partial charge on any atom is -0.411 e. The minimum absolute atomic E-state index is 0.103. The minimum atomic E-state index is -0.107. The van der Waals surface area contributed by atoms with E-state index in [-0.39, 0.29) is 17.7 Å². The lowest BCUT2D eigenvalue weighted by Crippen LogP contribution is -2.28. The van der Waals surface area contributed by atoms with Crippen molar-refractivity contribution >= 4 is 29.3 Å². The Hall–Kier alpha value is -2.31. The topological polar surface area (TPSA) is 68.0 Å². The molecular weight excluding hydrogens is 382 g/mol. The van der Waals surface area contributed by atoms with Crippen molar-refractivity contribution in [3.05, 3.63) is 64.2 Å². The highest BCUT2D eigenvalue weighted by atomic mass is 35.5. The van der Waals surface area contributed by atoms with Crippen molar-refractivity contribution in [2.24, 2.45) is 0 Å². The molecule has 1 atom stereocenters. The quantitative estimate of drug-likeness (QED) is 0.590. The van der Waals surface area contributed by atoms with Crippen LogP contribution in [0.2, 0.25) is 5.02 Å². The number of nitrogens with one attached hydrogen (secondary N) is 1. The Labute approximate surface area is 167 Å². The first-order valence-corrected chi connectivity index (χ1v) is 9.87. The van der Waals surface area contributed by atoms with Crippen LogP contribution < -0.4 is 5.32 Å².